The Hall–Kier alpha value is -4.31. The van der Waals surface area contributed by atoms with Gasteiger partial charge < -0.3 is 23.7 Å². The second-order valence-corrected chi connectivity index (χ2v) is 9.40. The van der Waals surface area contributed by atoms with Gasteiger partial charge in [0.05, 0.1) is 49.8 Å². The first kappa shape index (κ1) is 27.7. The summed E-state index contributed by atoms with van der Waals surface area (Å²) in [6.45, 7) is 7.70. The number of fused-ring (bicyclic) bond motifs is 1. The maximum Gasteiger partial charge on any atom is 0.338 e. The summed E-state index contributed by atoms with van der Waals surface area (Å²) in [7, 11) is 4.58. The largest absolute Gasteiger partial charge is 0.493 e. The third-order valence-electron chi connectivity index (χ3n) is 6.10. The van der Waals surface area contributed by atoms with Gasteiger partial charge in [0, 0.05) is 5.56 Å². The standard InChI is InChI=1S/C29H30N2O7S/c1-7-15-38-20-12-9-18(10-13-20)24-23(28(33)37-8-2)17(3)30-29-31(24)27(32)22(39-29)16-19-11-14-21(34-4)26(36-6)25(19)35-5/h7,9-14,16,24H,1,8,15H2,2-6H3/t24-/m0/s1. The van der Waals surface area contributed by atoms with Crippen LogP contribution in [0.1, 0.15) is 31.0 Å². The SMILES string of the molecule is C=CCOc1ccc([C@H]2C(C(=O)OCC)=C(C)N=c3sc(=Cc4ccc(OC)c(OC)c4OC)c(=O)n32)cc1. The van der Waals surface area contributed by atoms with Crippen molar-refractivity contribution in [3.05, 3.63) is 91.1 Å². The Morgan fingerprint density at radius 1 is 1.08 bits per heavy atom. The second kappa shape index (κ2) is 12.0. The van der Waals surface area contributed by atoms with E-state index in [1.165, 1.54) is 37.2 Å². The highest BCUT2D eigenvalue weighted by molar-refractivity contribution is 7.07. The fourth-order valence-corrected chi connectivity index (χ4v) is 5.43. The fraction of sp³-hybridized carbons (Fsp3) is 0.276. The van der Waals surface area contributed by atoms with Crippen molar-refractivity contribution in [1.29, 1.82) is 0 Å². The van der Waals surface area contributed by atoms with Gasteiger partial charge in [-0.05, 0) is 49.8 Å². The lowest BCUT2D eigenvalue weighted by Crippen LogP contribution is -2.39. The summed E-state index contributed by atoms with van der Waals surface area (Å²) in [5.41, 5.74) is 1.83. The minimum atomic E-state index is -0.733. The summed E-state index contributed by atoms with van der Waals surface area (Å²) in [4.78, 5) is 32.1. The summed E-state index contributed by atoms with van der Waals surface area (Å²) in [6.07, 6.45) is 3.38. The van der Waals surface area contributed by atoms with Gasteiger partial charge >= 0.3 is 5.97 Å². The van der Waals surface area contributed by atoms with Gasteiger partial charge in [0.25, 0.3) is 5.56 Å². The Morgan fingerprint density at radius 2 is 1.79 bits per heavy atom. The number of hydrogen-bond donors (Lipinski definition) is 0. The van der Waals surface area contributed by atoms with Crippen molar-refractivity contribution in [2.45, 2.75) is 19.9 Å². The third-order valence-corrected chi connectivity index (χ3v) is 7.08. The Kier molecular flexibility index (Phi) is 8.55. The zero-order valence-corrected chi connectivity index (χ0v) is 23.3. The maximum atomic E-state index is 13.9. The number of allylic oxidation sites excluding steroid dienone is 1. The van der Waals surface area contributed by atoms with Crippen LogP contribution in [0.5, 0.6) is 23.0 Å². The maximum absolute atomic E-state index is 13.9. The van der Waals surface area contributed by atoms with Gasteiger partial charge in [0.2, 0.25) is 5.75 Å². The van der Waals surface area contributed by atoms with Crippen molar-refractivity contribution in [3.8, 4) is 23.0 Å². The van der Waals surface area contributed by atoms with Crippen LogP contribution in [-0.4, -0.2) is 45.1 Å². The van der Waals surface area contributed by atoms with Crippen LogP contribution in [0.25, 0.3) is 6.08 Å². The third kappa shape index (κ3) is 5.33. The summed E-state index contributed by atoms with van der Waals surface area (Å²) >= 11 is 1.22. The normalized spacial score (nSPS) is 14.8. The number of methoxy groups -OCH3 is 3. The zero-order chi connectivity index (χ0) is 28.1. The predicted molar refractivity (Wildman–Crippen MR) is 149 cm³/mol. The molecule has 4 rings (SSSR count). The van der Waals surface area contributed by atoms with Crippen molar-refractivity contribution >= 4 is 23.4 Å². The number of nitrogens with zero attached hydrogens (tertiary/aromatic N) is 2. The van der Waals surface area contributed by atoms with E-state index in [2.05, 4.69) is 11.6 Å². The molecule has 0 N–H and O–H groups in total. The van der Waals surface area contributed by atoms with E-state index < -0.39 is 12.0 Å². The molecule has 0 radical (unpaired) electrons. The highest BCUT2D eigenvalue weighted by atomic mass is 32.1. The van der Waals surface area contributed by atoms with Gasteiger partial charge in [-0.1, -0.05) is 36.1 Å². The first-order valence-corrected chi connectivity index (χ1v) is 13.0. The second-order valence-electron chi connectivity index (χ2n) is 8.39. The van der Waals surface area contributed by atoms with Crippen molar-refractivity contribution in [3.63, 3.8) is 0 Å². The summed E-state index contributed by atoms with van der Waals surface area (Å²) in [5.74, 6) is 1.47. The molecule has 39 heavy (non-hydrogen) atoms. The quantitative estimate of drug-likeness (QED) is 0.282. The number of thiazole rings is 1. The molecule has 1 aliphatic heterocycles. The van der Waals surface area contributed by atoms with E-state index in [1.807, 2.05) is 12.1 Å². The number of esters is 1. The van der Waals surface area contributed by atoms with Crippen LogP contribution in [0.3, 0.4) is 0 Å². The zero-order valence-electron chi connectivity index (χ0n) is 22.5. The molecule has 1 aromatic heterocycles. The number of carbonyl (C=O) groups excluding carboxylic acids is 1. The Labute approximate surface area is 229 Å². The Morgan fingerprint density at radius 3 is 2.41 bits per heavy atom. The summed E-state index contributed by atoms with van der Waals surface area (Å²) < 4.78 is 29.4. The number of rotatable bonds is 10. The molecule has 0 saturated carbocycles. The van der Waals surface area contributed by atoms with Crippen LogP contribution in [0, 0.1) is 0 Å². The van der Waals surface area contributed by atoms with E-state index in [4.69, 9.17) is 23.7 Å². The summed E-state index contributed by atoms with van der Waals surface area (Å²) in [6, 6.07) is 10.0. The smallest absolute Gasteiger partial charge is 0.338 e. The Bertz CT molecular complexity index is 1600. The van der Waals surface area contributed by atoms with E-state index >= 15 is 0 Å². The number of hydrogen-bond acceptors (Lipinski definition) is 9. The Balaban J connectivity index is 1.92. The molecule has 0 spiro atoms. The van der Waals surface area contributed by atoms with Crippen LogP contribution in [0.15, 0.2) is 70.1 Å². The molecule has 2 heterocycles. The van der Waals surface area contributed by atoms with E-state index in [9.17, 15) is 9.59 Å². The van der Waals surface area contributed by atoms with Gasteiger partial charge in [-0.2, -0.15) is 0 Å². The van der Waals surface area contributed by atoms with Crippen molar-refractivity contribution in [2.24, 2.45) is 4.99 Å². The minimum Gasteiger partial charge on any atom is -0.493 e. The van der Waals surface area contributed by atoms with Crippen LogP contribution < -0.4 is 33.8 Å². The minimum absolute atomic E-state index is 0.195. The van der Waals surface area contributed by atoms with Crippen molar-refractivity contribution in [1.82, 2.24) is 4.57 Å². The molecule has 1 aliphatic rings. The first-order valence-electron chi connectivity index (χ1n) is 12.2. The van der Waals surface area contributed by atoms with E-state index in [-0.39, 0.29) is 12.2 Å². The lowest BCUT2D eigenvalue weighted by molar-refractivity contribution is -0.139. The van der Waals surface area contributed by atoms with E-state index in [0.29, 0.717) is 55.8 Å². The van der Waals surface area contributed by atoms with Gasteiger partial charge in [0.1, 0.15) is 12.4 Å². The molecule has 0 fully saturated rings. The molecule has 0 aliphatic carbocycles. The molecule has 0 saturated heterocycles. The van der Waals surface area contributed by atoms with Crippen molar-refractivity contribution in [2.75, 3.05) is 34.5 Å². The topological polar surface area (TPSA) is 97.6 Å². The highest BCUT2D eigenvalue weighted by Gasteiger charge is 2.33. The van der Waals surface area contributed by atoms with Crippen LogP contribution in [-0.2, 0) is 9.53 Å². The molecule has 0 bridgehead atoms. The number of carbonyl (C=O) groups is 1. The van der Waals surface area contributed by atoms with E-state index in [0.717, 1.165) is 5.56 Å². The summed E-state index contributed by atoms with van der Waals surface area (Å²) in [5, 5.41) is 0. The highest BCUT2D eigenvalue weighted by Crippen LogP contribution is 2.40. The number of aromatic nitrogens is 1. The molecule has 2 aromatic carbocycles. The molecule has 1 atom stereocenters. The average Bonchev–Trinajstić information content (AvgIpc) is 3.25. The molecule has 0 unspecified atom stereocenters. The molecule has 9 nitrogen and oxygen atoms in total. The monoisotopic (exact) mass is 550 g/mol. The molecule has 10 heteroatoms. The van der Waals surface area contributed by atoms with Gasteiger partial charge in [-0.25, -0.2) is 9.79 Å². The number of ether oxygens (including phenoxy) is 5. The molecular formula is C29H30N2O7S. The lowest BCUT2D eigenvalue weighted by atomic mass is 9.96. The molecule has 3 aromatic rings. The number of benzene rings is 2. The van der Waals surface area contributed by atoms with Crippen LogP contribution in [0.4, 0.5) is 0 Å². The molecular weight excluding hydrogens is 520 g/mol. The van der Waals surface area contributed by atoms with Gasteiger partial charge in [0.15, 0.2) is 16.3 Å². The van der Waals surface area contributed by atoms with Crippen LogP contribution >= 0.6 is 11.3 Å². The van der Waals surface area contributed by atoms with Gasteiger partial charge in [-0.15, -0.1) is 0 Å². The predicted octanol–water partition coefficient (Wildman–Crippen LogP) is 3.39. The molecule has 204 valence electrons. The van der Waals surface area contributed by atoms with Crippen LogP contribution in [0.2, 0.25) is 0 Å². The first-order chi connectivity index (χ1) is 18.9. The average molecular weight is 551 g/mol. The lowest BCUT2D eigenvalue weighted by Gasteiger charge is -2.24. The molecule has 0 amide bonds. The van der Waals surface area contributed by atoms with E-state index in [1.54, 1.807) is 50.3 Å². The fourth-order valence-electron chi connectivity index (χ4n) is 4.39. The van der Waals surface area contributed by atoms with Gasteiger partial charge in [-0.3, -0.25) is 9.36 Å². The van der Waals surface area contributed by atoms with Crippen molar-refractivity contribution < 1.29 is 28.5 Å².